The second kappa shape index (κ2) is 11.7. The summed E-state index contributed by atoms with van der Waals surface area (Å²) < 4.78 is 0. The number of hydrogen-bond donors (Lipinski definition) is 3. The number of carbonyl (C=O) groups is 2. The molecule has 0 aromatic rings. The zero-order valence-electron chi connectivity index (χ0n) is 17.0. The number of aliphatic imine (C=N–C) groups is 1. The Balaban J connectivity index is 2.43. The molecule has 26 heavy (non-hydrogen) atoms. The number of piperazine rings is 1. The number of carbonyl (C=O) groups excluding carboxylic acids is 2. The fourth-order valence-electron chi connectivity index (χ4n) is 2.66. The second-order valence-electron chi connectivity index (χ2n) is 7.17. The first kappa shape index (κ1) is 22.2. The number of nitrogens with one attached hydrogen (secondary N) is 3. The van der Waals surface area contributed by atoms with E-state index in [1.165, 1.54) is 0 Å². The number of nitrogens with zero attached hydrogens (tertiary/aromatic N) is 3. The first-order valence-corrected chi connectivity index (χ1v) is 9.66. The van der Waals surface area contributed by atoms with Crippen molar-refractivity contribution in [3.05, 3.63) is 0 Å². The summed E-state index contributed by atoms with van der Waals surface area (Å²) in [6.45, 7) is 15.4. The highest BCUT2D eigenvalue weighted by Gasteiger charge is 2.21. The SMILES string of the molecule is CCNC(=NCCNC(=O)C(C)C)N1CCN(CC(=O)NC(C)C)CC1. The molecule has 0 spiro atoms. The molecule has 0 aliphatic carbocycles. The van der Waals surface area contributed by atoms with Crippen molar-refractivity contribution in [3.8, 4) is 0 Å². The third-order valence-electron chi connectivity index (χ3n) is 4.02. The van der Waals surface area contributed by atoms with Crippen LogP contribution < -0.4 is 16.0 Å². The van der Waals surface area contributed by atoms with Crippen LogP contribution in [0.4, 0.5) is 0 Å². The van der Waals surface area contributed by atoms with Crippen LogP contribution in [0.15, 0.2) is 4.99 Å². The van der Waals surface area contributed by atoms with Crippen molar-refractivity contribution < 1.29 is 9.59 Å². The maximum atomic E-state index is 11.9. The summed E-state index contributed by atoms with van der Waals surface area (Å²) in [7, 11) is 0. The Hall–Kier alpha value is -1.83. The van der Waals surface area contributed by atoms with Crippen molar-refractivity contribution in [3.63, 3.8) is 0 Å². The minimum Gasteiger partial charge on any atom is -0.357 e. The molecular formula is C18H36N6O2. The molecule has 150 valence electrons. The van der Waals surface area contributed by atoms with E-state index in [0.717, 1.165) is 38.7 Å². The maximum Gasteiger partial charge on any atom is 0.234 e. The summed E-state index contributed by atoms with van der Waals surface area (Å²) in [5.41, 5.74) is 0. The minimum absolute atomic E-state index is 0.00631. The highest BCUT2D eigenvalue weighted by Crippen LogP contribution is 2.02. The lowest BCUT2D eigenvalue weighted by Gasteiger charge is -2.36. The van der Waals surface area contributed by atoms with Gasteiger partial charge in [-0.3, -0.25) is 19.5 Å². The molecule has 8 heteroatoms. The molecular weight excluding hydrogens is 332 g/mol. The average molecular weight is 369 g/mol. The number of hydrogen-bond acceptors (Lipinski definition) is 4. The highest BCUT2D eigenvalue weighted by atomic mass is 16.2. The van der Waals surface area contributed by atoms with Gasteiger partial charge in [0, 0.05) is 51.2 Å². The van der Waals surface area contributed by atoms with E-state index < -0.39 is 0 Å². The minimum atomic E-state index is -0.00631. The van der Waals surface area contributed by atoms with Crippen LogP contribution in [-0.2, 0) is 9.59 Å². The Morgan fingerprint density at radius 1 is 1.04 bits per heavy atom. The van der Waals surface area contributed by atoms with Crippen LogP contribution >= 0.6 is 0 Å². The molecule has 1 heterocycles. The van der Waals surface area contributed by atoms with Crippen LogP contribution in [0.5, 0.6) is 0 Å². The van der Waals surface area contributed by atoms with Gasteiger partial charge in [0.05, 0.1) is 13.1 Å². The van der Waals surface area contributed by atoms with Crippen molar-refractivity contribution in [2.24, 2.45) is 10.9 Å². The maximum absolute atomic E-state index is 11.9. The second-order valence-corrected chi connectivity index (χ2v) is 7.17. The van der Waals surface area contributed by atoms with Gasteiger partial charge in [0.15, 0.2) is 5.96 Å². The molecule has 8 nitrogen and oxygen atoms in total. The third-order valence-corrected chi connectivity index (χ3v) is 4.02. The summed E-state index contributed by atoms with van der Waals surface area (Å²) >= 11 is 0. The molecule has 1 aliphatic heterocycles. The summed E-state index contributed by atoms with van der Waals surface area (Å²) in [6, 6.07) is 0.174. The predicted octanol–water partition coefficient (Wildman–Crippen LogP) is -0.134. The van der Waals surface area contributed by atoms with E-state index in [1.807, 2.05) is 34.6 Å². The highest BCUT2D eigenvalue weighted by molar-refractivity contribution is 5.81. The van der Waals surface area contributed by atoms with Crippen LogP contribution in [0, 0.1) is 5.92 Å². The number of amides is 2. The van der Waals surface area contributed by atoms with Gasteiger partial charge in [-0.15, -0.1) is 0 Å². The zero-order chi connectivity index (χ0) is 19.5. The van der Waals surface area contributed by atoms with E-state index >= 15 is 0 Å². The smallest absolute Gasteiger partial charge is 0.234 e. The predicted molar refractivity (Wildman–Crippen MR) is 105 cm³/mol. The molecule has 1 saturated heterocycles. The Morgan fingerprint density at radius 3 is 2.23 bits per heavy atom. The van der Waals surface area contributed by atoms with Crippen LogP contribution in [0.2, 0.25) is 0 Å². The molecule has 0 atom stereocenters. The van der Waals surface area contributed by atoms with E-state index in [-0.39, 0.29) is 23.8 Å². The molecule has 3 N–H and O–H groups in total. The fraction of sp³-hybridized carbons (Fsp3) is 0.833. The molecule has 1 fully saturated rings. The van der Waals surface area contributed by atoms with E-state index in [0.29, 0.717) is 19.6 Å². The number of rotatable bonds is 8. The Morgan fingerprint density at radius 2 is 1.69 bits per heavy atom. The standard InChI is InChI=1S/C18H36N6O2/c1-6-19-18(21-8-7-20-17(26)14(2)3)24-11-9-23(10-12-24)13-16(25)22-15(4)5/h14-15H,6-13H2,1-5H3,(H,19,21)(H,20,26)(H,22,25). The van der Waals surface area contributed by atoms with Gasteiger partial charge >= 0.3 is 0 Å². The van der Waals surface area contributed by atoms with E-state index in [4.69, 9.17) is 0 Å². The molecule has 0 aromatic heterocycles. The first-order chi connectivity index (χ1) is 12.3. The third kappa shape index (κ3) is 8.51. The molecule has 0 saturated carbocycles. The summed E-state index contributed by atoms with van der Waals surface area (Å²) in [6.07, 6.45) is 0. The molecule has 1 rings (SSSR count). The first-order valence-electron chi connectivity index (χ1n) is 9.66. The molecule has 0 unspecified atom stereocenters. The van der Waals surface area contributed by atoms with Gasteiger partial charge in [-0.25, -0.2) is 0 Å². The largest absolute Gasteiger partial charge is 0.357 e. The fourth-order valence-corrected chi connectivity index (χ4v) is 2.66. The van der Waals surface area contributed by atoms with Gasteiger partial charge in [-0.2, -0.15) is 0 Å². The van der Waals surface area contributed by atoms with E-state index in [1.54, 1.807) is 0 Å². The Labute approximate surface area is 157 Å². The normalized spacial score (nSPS) is 16.1. The van der Waals surface area contributed by atoms with Crippen molar-refractivity contribution in [1.82, 2.24) is 25.8 Å². The van der Waals surface area contributed by atoms with E-state index in [2.05, 4.69) is 30.7 Å². The zero-order valence-corrected chi connectivity index (χ0v) is 17.0. The molecule has 0 bridgehead atoms. The summed E-state index contributed by atoms with van der Waals surface area (Å²) in [5.74, 6) is 0.999. The van der Waals surface area contributed by atoms with Crippen LogP contribution in [0.1, 0.15) is 34.6 Å². The summed E-state index contributed by atoms with van der Waals surface area (Å²) in [5, 5.41) is 9.12. The molecule has 0 aromatic carbocycles. The monoisotopic (exact) mass is 368 g/mol. The van der Waals surface area contributed by atoms with Gasteiger partial charge in [0.2, 0.25) is 11.8 Å². The average Bonchev–Trinajstić information content (AvgIpc) is 2.57. The van der Waals surface area contributed by atoms with Crippen molar-refractivity contribution in [2.45, 2.75) is 40.7 Å². The van der Waals surface area contributed by atoms with Crippen molar-refractivity contribution >= 4 is 17.8 Å². The lowest BCUT2D eigenvalue weighted by atomic mass is 10.2. The topological polar surface area (TPSA) is 89.1 Å². The van der Waals surface area contributed by atoms with Gasteiger partial charge < -0.3 is 20.9 Å². The number of guanidine groups is 1. The van der Waals surface area contributed by atoms with Gasteiger partial charge in [-0.1, -0.05) is 13.8 Å². The van der Waals surface area contributed by atoms with Crippen LogP contribution in [0.25, 0.3) is 0 Å². The summed E-state index contributed by atoms with van der Waals surface area (Å²) in [4.78, 5) is 32.5. The van der Waals surface area contributed by atoms with Crippen molar-refractivity contribution in [2.75, 3.05) is 52.4 Å². The van der Waals surface area contributed by atoms with Crippen LogP contribution in [0.3, 0.4) is 0 Å². The Bertz CT molecular complexity index is 470. The van der Waals surface area contributed by atoms with Crippen LogP contribution in [-0.4, -0.2) is 86.0 Å². The van der Waals surface area contributed by atoms with E-state index in [9.17, 15) is 9.59 Å². The molecule has 1 aliphatic rings. The quantitative estimate of drug-likeness (QED) is 0.315. The lowest BCUT2D eigenvalue weighted by Crippen LogP contribution is -2.54. The van der Waals surface area contributed by atoms with Gasteiger partial charge in [0.25, 0.3) is 0 Å². The molecule has 2 amide bonds. The lowest BCUT2D eigenvalue weighted by molar-refractivity contribution is -0.124. The van der Waals surface area contributed by atoms with Gasteiger partial charge in [0.1, 0.15) is 0 Å². The van der Waals surface area contributed by atoms with Gasteiger partial charge in [-0.05, 0) is 20.8 Å². The van der Waals surface area contributed by atoms with Crippen molar-refractivity contribution in [1.29, 1.82) is 0 Å². The Kier molecular flexibility index (Phi) is 10.0. The molecule has 0 radical (unpaired) electrons.